The molecule has 0 radical (unpaired) electrons. The highest BCUT2D eigenvalue weighted by atomic mass is 32.2. The second-order valence-corrected chi connectivity index (χ2v) is 6.87. The van der Waals surface area contributed by atoms with E-state index in [-0.39, 0.29) is 10.9 Å². The van der Waals surface area contributed by atoms with Gasteiger partial charge in [-0.15, -0.1) is 0 Å². The summed E-state index contributed by atoms with van der Waals surface area (Å²) >= 11 is 0. The van der Waals surface area contributed by atoms with Crippen LogP contribution in [-0.4, -0.2) is 41.7 Å². The van der Waals surface area contributed by atoms with Crippen molar-refractivity contribution in [2.75, 3.05) is 13.4 Å². The normalized spacial score (nSPS) is 15.0. The van der Waals surface area contributed by atoms with Crippen LogP contribution < -0.4 is 4.74 Å². The quantitative estimate of drug-likeness (QED) is 0.784. The van der Waals surface area contributed by atoms with Gasteiger partial charge in [-0.1, -0.05) is 0 Å². The molecule has 1 aliphatic carbocycles. The molecule has 110 valence electrons. The zero-order valence-electron chi connectivity index (χ0n) is 11.6. The van der Waals surface area contributed by atoms with E-state index < -0.39 is 9.84 Å². The minimum absolute atomic E-state index is 0.0276. The van der Waals surface area contributed by atoms with E-state index >= 15 is 0 Å². The van der Waals surface area contributed by atoms with Gasteiger partial charge >= 0.3 is 0 Å². The third-order valence-electron chi connectivity index (χ3n) is 3.23. The minimum Gasteiger partial charge on any atom is -0.480 e. The molecule has 0 aromatic carbocycles. The van der Waals surface area contributed by atoms with Crippen molar-refractivity contribution in [1.29, 1.82) is 0 Å². The molecule has 3 rings (SSSR count). The molecule has 0 saturated heterocycles. The lowest BCUT2D eigenvalue weighted by Crippen LogP contribution is -2.06. The molecule has 1 aliphatic rings. The van der Waals surface area contributed by atoms with Crippen molar-refractivity contribution in [2.45, 2.75) is 23.8 Å². The Morgan fingerprint density at radius 2 is 2.00 bits per heavy atom. The van der Waals surface area contributed by atoms with Crippen molar-refractivity contribution in [1.82, 2.24) is 19.9 Å². The van der Waals surface area contributed by atoms with Gasteiger partial charge in [0.25, 0.3) is 0 Å². The topological polar surface area (TPSA) is 94.9 Å². The summed E-state index contributed by atoms with van der Waals surface area (Å²) in [6.07, 6.45) is 6.05. The lowest BCUT2D eigenvalue weighted by molar-refractivity contribution is 0.397. The SMILES string of the molecule is COc1ncnc(C2CC2)c1-c1nccc(S(C)(=O)=O)n1. The van der Waals surface area contributed by atoms with Crippen molar-refractivity contribution in [3.8, 4) is 17.3 Å². The average molecular weight is 306 g/mol. The molecule has 0 N–H and O–H groups in total. The van der Waals surface area contributed by atoms with E-state index in [1.165, 1.54) is 25.7 Å². The fourth-order valence-electron chi connectivity index (χ4n) is 2.08. The first-order valence-electron chi connectivity index (χ1n) is 6.43. The Balaban J connectivity index is 2.20. The molecular weight excluding hydrogens is 292 g/mol. The van der Waals surface area contributed by atoms with E-state index in [1.807, 2.05) is 0 Å². The summed E-state index contributed by atoms with van der Waals surface area (Å²) < 4.78 is 28.6. The molecule has 2 aromatic rings. The van der Waals surface area contributed by atoms with Crippen LogP contribution in [0, 0.1) is 0 Å². The van der Waals surface area contributed by atoms with Crippen LogP contribution in [0.3, 0.4) is 0 Å². The van der Waals surface area contributed by atoms with Gasteiger partial charge in [-0.25, -0.2) is 28.4 Å². The molecule has 0 unspecified atom stereocenters. The second kappa shape index (κ2) is 5.03. The molecule has 2 aromatic heterocycles. The van der Waals surface area contributed by atoms with Crippen LogP contribution in [0.25, 0.3) is 11.4 Å². The maximum Gasteiger partial charge on any atom is 0.227 e. The van der Waals surface area contributed by atoms with Gasteiger partial charge in [-0.3, -0.25) is 0 Å². The van der Waals surface area contributed by atoms with Crippen LogP contribution in [0.5, 0.6) is 5.88 Å². The van der Waals surface area contributed by atoms with Gasteiger partial charge in [0.1, 0.15) is 11.9 Å². The minimum atomic E-state index is -3.40. The summed E-state index contributed by atoms with van der Waals surface area (Å²) in [5.41, 5.74) is 1.39. The summed E-state index contributed by atoms with van der Waals surface area (Å²) in [5.74, 6) is 0.970. The first kappa shape index (κ1) is 13.9. The van der Waals surface area contributed by atoms with Crippen molar-refractivity contribution < 1.29 is 13.2 Å². The van der Waals surface area contributed by atoms with Crippen LogP contribution in [-0.2, 0) is 9.84 Å². The Kier molecular flexibility index (Phi) is 3.32. The Morgan fingerprint density at radius 1 is 1.24 bits per heavy atom. The van der Waals surface area contributed by atoms with Crippen molar-refractivity contribution >= 4 is 9.84 Å². The van der Waals surface area contributed by atoms with Crippen LogP contribution in [0.4, 0.5) is 0 Å². The van der Waals surface area contributed by atoms with Gasteiger partial charge in [-0.2, -0.15) is 0 Å². The second-order valence-electron chi connectivity index (χ2n) is 4.91. The van der Waals surface area contributed by atoms with Crippen molar-refractivity contribution in [3.05, 3.63) is 24.3 Å². The zero-order valence-corrected chi connectivity index (χ0v) is 12.5. The Hall–Kier alpha value is -2.09. The molecule has 1 saturated carbocycles. The number of hydrogen-bond donors (Lipinski definition) is 0. The summed E-state index contributed by atoms with van der Waals surface area (Å²) in [7, 11) is -1.90. The molecular formula is C13H14N4O3S. The summed E-state index contributed by atoms with van der Waals surface area (Å²) in [6.45, 7) is 0. The van der Waals surface area contributed by atoms with Crippen LogP contribution in [0.2, 0.25) is 0 Å². The fraction of sp³-hybridized carbons (Fsp3) is 0.385. The molecule has 1 fully saturated rings. The average Bonchev–Trinajstić information content (AvgIpc) is 3.30. The molecule has 0 atom stereocenters. The number of aromatic nitrogens is 4. The zero-order chi connectivity index (χ0) is 15.0. The van der Waals surface area contributed by atoms with Gasteiger partial charge < -0.3 is 4.74 Å². The van der Waals surface area contributed by atoms with Gasteiger partial charge in [0.05, 0.1) is 12.8 Å². The maximum atomic E-state index is 11.6. The van der Waals surface area contributed by atoms with E-state index in [0.717, 1.165) is 24.8 Å². The molecule has 7 nitrogen and oxygen atoms in total. The van der Waals surface area contributed by atoms with Gasteiger partial charge in [0.15, 0.2) is 20.7 Å². The van der Waals surface area contributed by atoms with E-state index in [4.69, 9.17) is 4.74 Å². The highest BCUT2D eigenvalue weighted by Crippen LogP contribution is 2.44. The summed E-state index contributed by atoms with van der Waals surface area (Å²) in [5, 5.41) is -0.0276. The smallest absolute Gasteiger partial charge is 0.227 e. The van der Waals surface area contributed by atoms with Crippen LogP contribution in [0.15, 0.2) is 23.6 Å². The first-order valence-corrected chi connectivity index (χ1v) is 8.32. The summed E-state index contributed by atoms with van der Waals surface area (Å²) in [6, 6.07) is 1.37. The molecule has 0 aliphatic heterocycles. The standard InChI is InChI=1S/C13H14N4O3S/c1-20-13-10(11(8-3-4-8)15-7-16-13)12-14-6-5-9(17-12)21(2,18)19/h5-8H,3-4H2,1-2H3. The summed E-state index contributed by atoms with van der Waals surface area (Å²) in [4.78, 5) is 16.7. The maximum absolute atomic E-state index is 11.6. The van der Waals surface area contributed by atoms with Crippen molar-refractivity contribution in [3.63, 3.8) is 0 Å². The van der Waals surface area contributed by atoms with Gasteiger partial charge in [0.2, 0.25) is 5.88 Å². The third-order valence-corrected chi connectivity index (χ3v) is 4.22. The molecule has 0 bridgehead atoms. The Labute approximate surface area is 122 Å². The Bertz CT molecular complexity index is 788. The highest BCUT2D eigenvalue weighted by Gasteiger charge is 2.31. The molecule has 0 amide bonds. The lowest BCUT2D eigenvalue weighted by atomic mass is 10.1. The predicted octanol–water partition coefficient (Wildman–Crippen LogP) is 1.22. The largest absolute Gasteiger partial charge is 0.480 e. The highest BCUT2D eigenvalue weighted by molar-refractivity contribution is 7.90. The number of hydrogen-bond acceptors (Lipinski definition) is 7. The first-order chi connectivity index (χ1) is 10.0. The number of sulfone groups is 1. The van der Waals surface area contributed by atoms with Crippen LogP contribution in [0.1, 0.15) is 24.5 Å². The number of ether oxygens (including phenoxy) is 1. The van der Waals surface area contributed by atoms with E-state index in [2.05, 4.69) is 19.9 Å². The number of rotatable bonds is 4. The number of nitrogens with zero attached hydrogens (tertiary/aromatic N) is 4. The molecule has 0 spiro atoms. The fourth-order valence-corrected chi connectivity index (χ4v) is 2.64. The van der Waals surface area contributed by atoms with Crippen LogP contribution >= 0.6 is 0 Å². The van der Waals surface area contributed by atoms with E-state index in [9.17, 15) is 8.42 Å². The lowest BCUT2D eigenvalue weighted by Gasteiger charge is -2.10. The van der Waals surface area contributed by atoms with Crippen molar-refractivity contribution in [2.24, 2.45) is 0 Å². The van der Waals surface area contributed by atoms with E-state index in [0.29, 0.717) is 17.4 Å². The molecule has 8 heteroatoms. The van der Waals surface area contributed by atoms with Gasteiger partial charge in [0, 0.05) is 18.4 Å². The molecule has 2 heterocycles. The van der Waals surface area contributed by atoms with E-state index in [1.54, 1.807) is 0 Å². The monoisotopic (exact) mass is 306 g/mol. The molecule has 21 heavy (non-hydrogen) atoms. The third kappa shape index (κ3) is 2.71. The predicted molar refractivity (Wildman–Crippen MR) is 74.7 cm³/mol. The Morgan fingerprint density at radius 3 is 2.62 bits per heavy atom. The number of methoxy groups -OCH3 is 1. The van der Waals surface area contributed by atoms with Gasteiger partial charge in [-0.05, 0) is 18.9 Å².